The van der Waals surface area contributed by atoms with Crippen molar-refractivity contribution in [1.29, 1.82) is 0 Å². The zero-order valence-corrected chi connectivity index (χ0v) is 14.1. The maximum absolute atomic E-state index is 12.2. The number of amides is 1. The summed E-state index contributed by atoms with van der Waals surface area (Å²) >= 11 is 0. The number of anilines is 1. The zero-order chi connectivity index (χ0) is 17.1. The number of fused-ring (bicyclic) bond motifs is 1. The molecule has 24 heavy (non-hydrogen) atoms. The Labute approximate surface area is 141 Å². The highest BCUT2D eigenvalue weighted by Gasteiger charge is 2.26. The maximum atomic E-state index is 12.2. The van der Waals surface area contributed by atoms with Crippen LogP contribution in [0.3, 0.4) is 0 Å². The Kier molecular flexibility index (Phi) is 4.71. The summed E-state index contributed by atoms with van der Waals surface area (Å²) in [5.41, 5.74) is 8.24. The third-order valence-electron chi connectivity index (χ3n) is 4.07. The van der Waals surface area contributed by atoms with Crippen molar-refractivity contribution in [3.63, 3.8) is 0 Å². The molecule has 0 fully saturated rings. The van der Waals surface area contributed by atoms with Crippen LogP contribution in [-0.2, 0) is 17.8 Å². The van der Waals surface area contributed by atoms with Crippen LogP contribution in [0, 0.1) is 0 Å². The molecule has 0 spiro atoms. The van der Waals surface area contributed by atoms with E-state index in [1.54, 1.807) is 6.20 Å². The van der Waals surface area contributed by atoms with Crippen molar-refractivity contribution in [3.8, 4) is 11.5 Å². The fraction of sp³-hybridized carbons (Fsp3) is 0.412. The van der Waals surface area contributed by atoms with Gasteiger partial charge < -0.3 is 15.5 Å². The van der Waals surface area contributed by atoms with Gasteiger partial charge in [-0.3, -0.25) is 9.78 Å². The second-order valence-corrected chi connectivity index (χ2v) is 6.01. The molecular formula is C17H22N6O. The number of hydrogen-bond acceptors (Lipinski definition) is 6. The van der Waals surface area contributed by atoms with E-state index >= 15 is 0 Å². The minimum Gasteiger partial charge on any atom is -0.362 e. The molecular weight excluding hydrogens is 304 g/mol. The van der Waals surface area contributed by atoms with Gasteiger partial charge in [-0.2, -0.15) is 0 Å². The molecule has 2 aromatic rings. The van der Waals surface area contributed by atoms with Gasteiger partial charge in [-0.05, 0) is 18.6 Å². The first-order chi connectivity index (χ1) is 11.6. The number of nitrogens with zero attached hydrogens (tertiary/aromatic N) is 5. The molecule has 0 bridgehead atoms. The van der Waals surface area contributed by atoms with E-state index in [2.05, 4.69) is 4.98 Å². The lowest BCUT2D eigenvalue weighted by molar-refractivity contribution is -0.131. The first-order valence-corrected chi connectivity index (χ1v) is 8.06. The molecule has 1 amide bonds. The van der Waals surface area contributed by atoms with Crippen molar-refractivity contribution < 1.29 is 4.79 Å². The van der Waals surface area contributed by atoms with Crippen LogP contribution in [0.25, 0.3) is 11.5 Å². The molecule has 0 saturated carbocycles. The van der Waals surface area contributed by atoms with E-state index in [1.165, 1.54) is 0 Å². The van der Waals surface area contributed by atoms with E-state index in [4.69, 9.17) is 15.7 Å². The maximum Gasteiger partial charge on any atom is 0.224 e. The molecule has 0 aromatic carbocycles. The SMILES string of the molecule is CN(C)c1nc(-c2ccccn2)nc2c1CCN(C(=O)CCN)C2. The van der Waals surface area contributed by atoms with Gasteiger partial charge in [0, 0.05) is 45.4 Å². The van der Waals surface area contributed by atoms with Crippen molar-refractivity contribution in [2.75, 3.05) is 32.1 Å². The number of hydrogen-bond donors (Lipinski definition) is 1. The Morgan fingerprint density at radius 3 is 2.83 bits per heavy atom. The number of carbonyl (C=O) groups excluding carboxylic acids is 1. The molecule has 0 radical (unpaired) electrons. The fourth-order valence-corrected chi connectivity index (χ4v) is 2.88. The summed E-state index contributed by atoms with van der Waals surface area (Å²) in [5.74, 6) is 1.56. The molecule has 2 aromatic heterocycles. The predicted molar refractivity (Wildman–Crippen MR) is 92.4 cm³/mol. The molecule has 1 aliphatic heterocycles. The van der Waals surface area contributed by atoms with Gasteiger partial charge in [0.2, 0.25) is 5.91 Å². The van der Waals surface area contributed by atoms with Crippen molar-refractivity contribution in [3.05, 3.63) is 35.7 Å². The molecule has 0 atom stereocenters. The number of aromatic nitrogens is 3. The number of rotatable bonds is 4. The van der Waals surface area contributed by atoms with Gasteiger partial charge in [-0.25, -0.2) is 9.97 Å². The van der Waals surface area contributed by atoms with Gasteiger partial charge >= 0.3 is 0 Å². The van der Waals surface area contributed by atoms with E-state index in [0.717, 1.165) is 29.2 Å². The van der Waals surface area contributed by atoms with Crippen LogP contribution in [0.2, 0.25) is 0 Å². The smallest absolute Gasteiger partial charge is 0.224 e. The molecule has 3 rings (SSSR count). The molecule has 0 aliphatic carbocycles. The lowest BCUT2D eigenvalue weighted by atomic mass is 10.0. The summed E-state index contributed by atoms with van der Waals surface area (Å²) in [4.78, 5) is 29.7. The molecule has 0 unspecified atom stereocenters. The quantitative estimate of drug-likeness (QED) is 0.895. The summed E-state index contributed by atoms with van der Waals surface area (Å²) in [5, 5.41) is 0. The number of pyridine rings is 1. The second kappa shape index (κ2) is 6.92. The Balaban J connectivity index is 2.00. The van der Waals surface area contributed by atoms with Gasteiger partial charge in [0.1, 0.15) is 11.5 Å². The van der Waals surface area contributed by atoms with Crippen LogP contribution in [0.5, 0.6) is 0 Å². The standard InChI is InChI=1S/C17H22N6O/c1-22(2)17-12-7-10-23(15(24)6-8-18)11-14(12)20-16(21-17)13-5-3-4-9-19-13/h3-5,9H,6-8,10-11,18H2,1-2H3. The van der Waals surface area contributed by atoms with E-state index in [1.807, 2.05) is 42.1 Å². The molecule has 7 nitrogen and oxygen atoms in total. The van der Waals surface area contributed by atoms with E-state index in [-0.39, 0.29) is 5.91 Å². The predicted octanol–water partition coefficient (Wildman–Crippen LogP) is 0.838. The van der Waals surface area contributed by atoms with Crippen LogP contribution in [0.1, 0.15) is 17.7 Å². The lowest BCUT2D eigenvalue weighted by Crippen LogP contribution is -2.38. The largest absolute Gasteiger partial charge is 0.362 e. The second-order valence-electron chi connectivity index (χ2n) is 6.01. The summed E-state index contributed by atoms with van der Waals surface area (Å²) in [6.07, 6.45) is 2.85. The van der Waals surface area contributed by atoms with Gasteiger partial charge in [-0.15, -0.1) is 0 Å². The number of carbonyl (C=O) groups is 1. The van der Waals surface area contributed by atoms with Gasteiger partial charge in [0.15, 0.2) is 5.82 Å². The summed E-state index contributed by atoms with van der Waals surface area (Å²) in [6, 6.07) is 5.67. The van der Waals surface area contributed by atoms with E-state index in [0.29, 0.717) is 31.9 Å². The molecule has 3 heterocycles. The van der Waals surface area contributed by atoms with Crippen molar-refractivity contribution >= 4 is 11.7 Å². The fourth-order valence-electron chi connectivity index (χ4n) is 2.88. The summed E-state index contributed by atoms with van der Waals surface area (Å²) < 4.78 is 0. The Bertz CT molecular complexity index is 731. The third-order valence-corrected chi connectivity index (χ3v) is 4.07. The normalized spacial score (nSPS) is 13.5. The summed E-state index contributed by atoms with van der Waals surface area (Å²) in [7, 11) is 3.94. The van der Waals surface area contributed by atoms with Crippen LogP contribution < -0.4 is 10.6 Å². The van der Waals surface area contributed by atoms with Crippen molar-refractivity contribution in [2.24, 2.45) is 5.73 Å². The van der Waals surface area contributed by atoms with E-state index in [9.17, 15) is 4.79 Å². The van der Waals surface area contributed by atoms with Crippen LogP contribution >= 0.6 is 0 Å². The third kappa shape index (κ3) is 3.21. The first-order valence-electron chi connectivity index (χ1n) is 8.06. The van der Waals surface area contributed by atoms with Crippen molar-refractivity contribution in [1.82, 2.24) is 19.9 Å². The molecule has 1 aliphatic rings. The monoisotopic (exact) mass is 326 g/mol. The number of nitrogens with two attached hydrogens (primary N) is 1. The van der Waals surface area contributed by atoms with Crippen LogP contribution in [0.15, 0.2) is 24.4 Å². The highest BCUT2D eigenvalue weighted by molar-refractivity contribution is 5.77. The van der Waals surface area contributed by atoms with Gasteiger partial charge in [-0.1, -0.05) is 6.07 Å². The minimum atomic E-state index is 0.0764. The first kappa shape index (κ1) is 16.3. The zero-order valence-electron chi connectivity index (χ0n) is 14.1. The van der Waals surface area contributed by atoms with Crippen LogP contribution in [0.4, 0.5) is 5.82 Å². The molecule has 0 saturated heterocycles. The van der Waals surface area contributed by atoms with Crippen molar-refractivity contribution in [2.45, 2.75) is 19.4 Å². The average molecular weight is 326 g/mol. The lowest BCUT2D eigenvalue weighted by Gasteiger charge is -2.30. The van der Waals surface area contributed by atoms with Gasteiger partial charge in [0.25, 0.3) is 0 Å². The minimum absolute atomic E-state index is 0.0764. The highest BCUT2D eigenvalue weighted by atomic mass is 16.2. The Morgan fingerprint density at radius 2 is 2.17 bits per heavy atom. The topological polar surface area (TPSA) is 88.2 Å². The molecule has 126 valence electrons. The van der Waals surface area contributed by atoms with E-state index < -0.39 is 0 Å². The van der Waals surface area contributed by atoms with Crippen LogP contribution in [-0.4, -0.2) is 52.9 Å². The van der Waals surface area contributed by atoms with Gasteiger partial charge in [0.05, 0.1) is 12.2 Å². The Hall–Kier alpha value is -2.54. The molecule has 2 N–H and O–H groups in total. The molecule has 7 heteroatoms. The summed E-state index contributed by atoms with van der Waals surface area (Å²) in [6.45, 7) is 1.55. The highest BCUT2D eigenvalue weighted by Crippen LogP contribution is 2.28. The Morgan fingerprint density at radius 1 is 1.33 bits per heavy atom. The average Bonchev–Trinajstić information content (AvgIpc) is 2.61.